The molecule has 16 heavy (non-hydrogen) atoms. The number of Topliss-reactive ketones (excluding diaryl/α,β-unsaturated/α-hetero) is 1. The number of allylic oxidation sites excluding steroid dienone is 1. The van der Waals surface area contributed by atoms with E-state index < -0.39 is 0 Å². The molecule has 1 nitrogen and oxygen atoms in total. The summed E-state index contributed by atoms with van der Waals surface area (Å²) in [6.07, 6.45) is 4.64. The highest BCUT2D eigenvalue weighted by atomic mass is 16.1. The maximum absolute atomic E-state index is 11.6. The molecule has 1 rings (SSSR count). The lowest BCUT2D eigenvalue weighted by Gasteiger charge is -2.25. The fourth-order valence-electron chi connectivity index (χ4n) is 3.11. The Hall–Kier alpha value is -0.590. The van der Waals surface area contributed by atoms with Gasteiger partial charge in [-0.25, -0.2) is 0 Å². The van der Waals surface area contributed by atoms with Gasteiger partial charge in [0.15, 0.2) is 0 Å². The Balaban J connectivity index is 2.62. The summed E-state index contributed by atoms with van der Waals surface area (Å²) in [5.74, 6) is 2.36. The molecule has 1 aliphatic rings. The third-order valence-electron chi connectivity index (χ3n) is 3.97. The van der Waals surface area contributed by atoms with Gasteiger partial charge in [0.1, 0.15) is 5.78 Å². The highest BCUT2D eigenvalue weighted by molar-refractivity contribution is 5.79. The summed E-state index contributed by atoms with van der Waals surface area (Å²) < 4.78 is 0. The zero-order valence-electron chi connectivity index (χ0n) is 11.3. The minimum Gasteiger partial charge on any atom is -0.300 e. The van der Waals surface area contributed by atoms with E-state index in [1.807, 2.05) is 0 Å². The summed E-state index contributed by atoms with van der Waals surface area (Å²) in [5, 5.41) is 0. The van der Waals surface area contributed by atoms with E-state index in [0.29, 0.717) is 23.5 Å². The molecule has 0 aliphatic heterocycles. The largest absolute Gasteiger partial charge is 0.300 e. The number of rotatable bonds is 5. The third-order valence-corrected chi connectivity index (χ3v) is 3.97. The number of ketones is 1. The molecule has 92 valence electrons. The first kappa shape index (κ1) is 13.5. The van der Waals surface area contributed by atoms with E-state index in [2.05, 4.69) is 27.4 Å². The smallest absolute Gasteiger partial charge is 0.133 e. The van der Waals surface area contributed by atoms with Gasteiger partial charge in [-0.15, -0.1) is 0 Å². The van der Waals surface area contributed by atoms with Crippen molar-refractivity contribution in [2.75, 3.05) is 0 Å². The Labute approximate surface area is 100 Å². The van der Waals surface area contributed by atoms with Crippen molar-refractivity contribution in [3.8, 4) is 0 Å². The summed E-state index contributed by atoms with van der Waals surface area (Å²) >= 11 is 0. The van der Waals surface area contributed by atoms with E-state index in [1.165, 1.54) is 24.8 Å². The maximum atomic E-state index is 11.6. The lowest BCUT2D eigenvalue weighted by molar-refractivity contribution is -0.121. The molecule has 1 unspecified atom stereocenters. The molecule has 0 saturated heterocycles. The van der Waals surface area contributed by atoms with Crippen LogP contribution in [0.5, 0.6) is 0 Å². The summed E-state index contributed by atoms with van der Waals surface area (Å²) in [5.41, 5.74) is 1.33. The van der Waals surface area contributed by atoms with Crippen molar-refractivity contribution < 1.29 is 4.79 Å². The Morgan fingerprint density at radius 2 is 1.81 bits per heavy atom. The van der Waals surface area contributed by atoms with Crippen molar-refractivity contribution in [1.82, 2.24) is 0 Å². The Kier molecular flexibility index (Phi) is 4.76. The van der Waals surface area contributed by atoms with Gasteiger partial charge in [-0.1, -0.05) is 39.3 Å². The summed E-state index contributed by atoms with van der Waals surface area (Å²) in [4.78, 5) is 11.6. The predicted octanol–water partition coefficient (Wildman–Crippen LogP) is 4.23. The molecule has 0 heterocycles. The van der Waals surface area contributed by atoms with Crippen LogP contribution in [0.4, 0.5) is 0 Å². The van der Waals surface area contributed by atoms with Crippen LogP contribution in [0, 0.1) is 23.7 Å². The van der Waals surface area contributed by atoms with Gasteiger partial charge >= 0.3 is 0 Å². The minimum atomic E-state index is 0.266. The normalized spacial score (nSPS) is 27.1. The van der Waals surface area contributed by atoms with Crippen LogP contribution in [0.1, 0.15) is 53.4 Å². The van der Waals surface area contributed by atoms with Gasteiger partial charge in [-0.05, 0) is 43.9 Å². The van der Waals surface area contributed by atoms with E-state index in [-0.39, 0.29) is 5.92 Å². The van der Waals surface area contributed by atoms with E-state index in [0.717, 1.165) is 6.42 Å². The average Bonchev–Trinajstić information content (AvgIpc) is 2.63. The first-order chi connectivity index (χ1) is 7.43. The Morgan fingerprint density at radius 1 is 1.25 bits per heavy atom. The summed E-state index contributed by atoms with van der Waals surface area (Å²) in [6, 6.07) is 0. The molecule has 0 N–H and O–H groups in total. The van der Waals surface area contributed by atoms with Crippen LogP contribution in [0.25, 0.3) is 0 Å². The Bertz CT molecular complexity index is 265. The first-order valence-corrected chi connectivity index (χ1v) is 6.62. The molecule has 3 atom stereocenters. The van der Waals surface area contributed by atoms with Crippen LogP contribution in [0.2, 0.25) is 0 Å². The SMILES string of the molecule is C=C(C1CCC[C@@H]1C(C)=O)[C@@H](C)CC(C)C. The Morgan fingerprint density at radius 3 is 2.31 bits per heavy atom. The van der Waals surface area contributed by atoms with Crippen molar-refractivity contribution in [2.45, 2.75) is 53.4 Å². The molecule has 0 radical (unpaired) electrons. The molecule has 1 fully saturated rings. The molecular formula is C15H26O. The third kappa shape index (κ3) is 3.20. The number of hydrogen-bond acceptors (Lipinski definition) is 1. The highest BCUT2D eigenvalue weighted by Crippen LogP contribution is 2.40. The van der Waals surface area contributed by atoms with E-state index in [4.69, 9.17) is 0 Å². The molecule has 0 aromatic carbocycles. The number of carbonyl (C=O) groups is 1. The van der Waals surface area contributed by atoms with Crippen molar-refractivity contribution in [2.24, 2.45) is 23.7 Å². The second-order valence-corrected chi connectivity index (χ2v) is 5.86. The van der Waals surface area contributed by atoms with Crippen LogP contribution >= 0.6 is 0 Å². The van der Waals surface area contributed by atoms with Gasteiger partial charge in [-0.3, -0.25) is 4.79 Å². The number of carbonyl (C=O) groups excluding carboxylic acids is 1. The van der Waals surface area contributed by atoms with Gasteiger partial charge in [-0.2, -0.15) is 0 Å². The standard InChI is InChI=1S/C15H26O/c1-10(2)9-11(3)12(4)14-7-6-8-15(14)13(5)16/h10-11,14-15H,4,6-9H2,1-3,5H3/t11-,14?,15+/m0/s1. The van der Waals surface area contributed by atoms with E-state index >= 15 is 0 Å². The van der Waals surface area contributed by atoms with Gasteiger partial charge in [0.25, 0.3) is 0 Å². The quantitative estimate of drug-likeness (QED) is 0.636. The highest BCUT2D eigenvalue weighted by Gasteiger charge is 2.33. The fourth-order valence-corrected chi connectivity index (χ4v) is 3.11. The minimum absolute atomic E-state index is 0.266. The zero-order valence-corrected chi connectivity index (χ0v) is 11.3. The summed E-state index contributed by atoms with van der Waals surface area (Å²) in [7, 11) is 0. The lowest BCUT2D eigenvalue weighted by atomic mass is 9.79. The molecule has 0 amide bonds. The van der Waals surface area contributed by atoms with Crippen LogP contribution in [0.15, 0.2) is 12.2 Å². The van der Waals surface area contributed by atoms with Crippen molar-refractivity contribution in [3.63, 3.8) is 0 Å². The fraction of sp³-hybridized carbons (Fsp3) is 0.800. The number of hydrogen-bond donors (Lipinski definition) is 0. The molecular weight excluding hydrogens is 196 g/mol. The van der Waals surface area contributed by atoms with Gasteiger partial charge in [0.2, 0.25) is 0 Å². The molecule has 0 spiro atoms. The van der Waals surface area contributed by atoms with E-state index in [1.54, 1.807) is 6.92 Å². The summed E-state index contributed by atoms with van der Waals surface area (Å²) in [6.45, 7) is 12.8. The molecule has 1 saturated carbocycles. The molecule has 0 aromatic rings. The van der Waals surface area contributed by atoms with Crippen molar-refractivity contribution >= 4 is 5.78 Å². The van der Waals surface area contributed by atoms with Crippen molar-refractivity contribution in [1.29, 1.82) is 0 Å². The van der Waals surface area contributed by atoms with Crippen LogP contribution < -0.4 is 0 Å². The zero-order chi connectivity index (χ0) is 12.3. The monoisotopic (exact) mass is 222 g/mol. The van der Waals surface area contributed by atoms with Crippen LogP contribution in [-0.2, 0) is 4.79 Å². The molecule has 1 heteroatoms. The average molecular weight is 222 g/mol. The first-order valence-electron chi connectivity index (χ1n) is 6.62. The lowest BCUT2D eigenvalue weighted by Crippen LogP contribution is -2.21. The van der Waals surface area contributed by atoms with E-state index in [9.17, 15) is 4.79 Å². The van der Waals surface area contributed by atoms with Crippen LogP contribution in [0.3, 0.4) is 0 Å². The van der Waals surface area contributed by atoms with Gasteiger partial charge in [0.05, 0.1) is 0 Å². The second-order valence-electron chi connectivity index (χ2n) is 5.86. The topological polar surface area (TPSA) is 17.1 Å². The molecule has 0 bridgehead atoms. The second kappa shape index (κ2) is 5.65. The van der Waals surface area contributed by atoms with Gasteiger partial charge < -0.3 is 0 Å². The molecule has 1 aliphatic carbocycles. The van der Waals surface area contributed by atoms with Gasteiger partial charge in [0, 0.05) is 5.92 Å². The molecule has 0 aromatic heterocycles. The van der Waals surface area contributed by atoms with Crippen LogP contribution in [-0.4, -0.2) is 5.78 Å². The predicted molar refractivity (Wildman–Crippen MR) is 69.3 cm³/mol. The van der Waals surface area contributed by atoms with Crippen molar-refractivity contribution in [3.05, 3.63) is 12.2 Å². The maximum Gasteiger partial charge on any atom is 0.133 e.